The van der Waals surface area contributed by atoms with Crippen LogP contribution in [0.1, 0.15) is 11.4 Å². The van der Waals surface area contributed by atoms with E-state index in [9.17, 15) is 9.18 Å². The van der Waals surface area contributed by atoms with Gasteiger partial charge in [0.05, 0.1) is 19.3 Å². The fourth-order valence-electron chi connectivity index (χ4n) is 3.08. The van der Waals surface area contributed by atoms with E-state index in [0.29, 0.717) is 13.1 Å². The number of imidazole rings is 1. The second kappa shape index (κ2) is 6.63. The summed E-state index contributed by atoms with van der Waals surface area (Å²) in [5.41, 5.74) is 2.62. The Morgan fingerprint density at radius 1 is 1.08 bits per heavy atom. The number of methoxy groups -OCH3 is 1. The van der Waals surface area contributed by atoms with Crippen molar-refractivity contribution in [2.75, 3.05) is 7.11 Å². The van der Waals surface area contributed by atoms with Gasteiger partial charge in [0, 0.05) is 18.3 Å². The van der Waals surface area contributed by atoms with Gasteiger partial charge in [-0.1, -0.05) is 12.1 Å². The third-order valence-electron chi connectivity index (χ3n) is 4.52. The Morgan fingerprint density at radius 2 is 1.81 bits per heavy atom. The summed E-state index contributed by atoms with van der Waals surface area (Å²) in [7, 11) is 1.63. The molecule has 3 aromatic rings. The van der Waals surface area contributed by atoms with Gasteiger partial charge in [0.1, 0.15) is 23.9 Å². The molecule has 1 aromatic heterocycles. The molecule has 0 saturated heterocycles. The highest BCUT2D eigenvalue weighted by Gasteiger charge is 2.25. The molecule has 1 amide bonds. The Morgan fingerprint density at radius 3 is 2.50 bits per heavy atom. The first-order chi connectivity index (χ1) is 12.6. The van der Waals surface area contributed by atoms with E-state index < -0.39 is 0 Å². The smallest absolute Gasteiger partial charge is 0.243 e. The van der Waals surface area contributed by atoms with E-state index in [1.807, 2.05) is 35.0 Å². The van der Waals surface area contributed by atoms with Crippen LogP contribution in [0.3, 0.4) is 0 Å². The van der Waals surface area contributed by atoms with Crippen LogP contribution in [-0.4, -0.2) is 27.5 Å². The number of aromatic nitrogens is 2. The van der Waals surface area contributed by atoms with Crippen molar-refractivity contribution in [3.8, 4) is 17.0 Å². The number of carbonyl (C=O) groups is 1. The van der Waals surface area contributed by atoms with Crippen molar-refractivity contribution in [2.45, 2.75) is 19.6 Å². The molecule has 4 rings (SSSR count). The first-order valence-corrected chi connectivity index (χ1v) is 8.35. The molecule has 0 spiro atoms. The zero-order valence-corrected chi connectivity index (χ0v) is 14.4. The van der Waals surface area contributed by atoms with Crippen LogP contribution in [-0.2, 0) is 24.4 Å². The standard InChI is InChI=1S/C20H18FN3O2/c1-26-17-8-2-14(3-9-17)10-24-12-19-22-18(11-23(19)13-20(24)25)15-4-6-16(21)7-5-15/h2-9,11H,10,12-13H2,1H3. The highest BCUT2D eigenvalue weighted by molar-refractivity contribution is 5.77. The van der Waals surface area contributed by atoms with E-state index >= 15 is 0 Å². The molecule has 1 aliphatic rings. The van der Waals surface area contributed by atoms with Crippen molar-refractivity contribution >= 4 is 5.91 Å². The maximum absolute atomic E-state index is 13.1. The Bertz CT molecular complexity index is 933. The summed E-state index contributed by atoms with van der Waals surface area (Å²) >= 11 is 0. The third-order valence-corrected chi connectivity index (χ3v) is 4.52. The average molecular weight is 351 g/mol. The molecular weight excluding hydrogens is 333 g/mol. The Kier molecular flexibility index (Phi) is 4.16. The van der Waals surface area contributed by atoms with Crippen LogP contribution in [0.5, 0.6) is 5.75 Å². The normalized spacial score (nSPS) is 13.6. The molecule has 0 atom stereocenters. The second-order valence-electron chi connectivity index (χ2n) is 6.28. The number of benzene rings is 2. The molecule has 2 aromatic carbocycles. The molecule has 0 N–H and O–H groups in total. The summed E-state index contributed by atoms with van der Waals surface area (Å²) in [5, 5.41) is 0. The first-order valence-electron chi connectivity index (χ1n) is 8.35. The minimum Gasteiger partial charge on any atom is -0.497 e. The number of fused-ring (bicyclic) bond motifs is 1. The number of carbonyl (C=O) groups excluding carboxylic acids is 1. The fourth-order valence-corrected chi connectivity index (χ4v) is 3.08. The largest absolute Gasteiger partial charge is 0.497 e. The van der Waals surface area contributed by atoms with Crippen LogP contribution in [0.4, 0.5) is 4.39 Å². The number of rotatable bonds is 4. The van der Waals surface area contributed by atoms with Crippen molar-refractivity contribution in [2.24, 2.45) is 0 Å². The highest BCUT2D eigenvalue weighted by atomic mass is 19.1. The maximum atomic E-state index is 13.1. The molecule has 1 aliphatic heterocycles. The van der Waals surface area contributed by atoms with E-state index in [4.69, 9.17) is 4.74 Å². The van der Waals surface area contributed by atoms with Crippen LogP contribution >= 0.6 is 0 Å². The number of amides is 1. The minimum atomic E-state index is -0.279. The van der Waals surface area contributed by atoms with Crippen LogP contribution in [0.15, 0.2) is 54.7 Å². The molecule has 0 radical (unpaired) electrons. The maximum Gasteiger partial charge on any atom is 0.243 e. The number of nitrogens with zero attached hydrogens (tertiary/aromatic N) is 3. The van der Waals surface area contributed by atoms with Gasteiger partial charge in [-0.05, 0) is 42.0 Å². The molecule has 6 heteroatoms. The van der Waals surface area contributed by atoms with E-state index in [1.54, 1.807) is 24.1 Å². The lowest BCUT2D eigenvalue weighted by Crippen LogP contribution is -2.38. The highest BCUT2D eigenvalue weighted by Crippen LogP contribution is 2.23. The Hall–Kier alpha value is -3.15. The van der Waals surface area contributed by atoms with Gasteiger partial charge in [-0.3, -0.25) is 4.79 Å². The van der Waals surface area contributed by atoms with Gasteiger partial charge in [-0.2, -0.15) is 0 Å². The van der Waals surface area contributed by atoms with Gasteiger partial charge < -0.3 is 14.2 Å². The summed E-state index contributed by atoms with van der Waals surface area (Å²) in [4.78, 5) is 18.9. The monoisotopic (exact) mass is 351 g/mol. The van der Waals surface area contributed by atoms with Crippen molar-refractivity contribution in [1.29, 1.82) is 0 Å². The zero-order chi connectivity index (χ0) is 18.1. The quantitative estimate of drug-likeness (QED) is 0.725. The lowest BCUT2D eigenvalue weighted by Gasteiger charge is -2.27. The minimum absolute atomic E-state index is 0.0522. The van der Waals surface area contributed by atoms with Crippen molar-refractivity contribution in [3.63, 3.8) is 0 Å². The van der Waals surface area contributed by atoms with Gasteiger partial charge in [0.15, 0.2) is 0 Å². The van der Waals surface area contributed by atoms with Crippen molar-refractivity contribution in [3.05, 3.63) is 71.9 Å². The molecule has 2 heterocycles. The van der Waals surface area contributed by atoms with Crippen LogP contribution < -0.4 is 4.74 Å². The molecule has 132 valence electrons. The number of hydrogen-bond donors (Lipinski definition) is 0. The van der Waals surface area contributed by atoms with Gasteiger partial charge >= 0.3 is 0 Å². The number of hydrogen-bond acceptors (Lipinski definition) is 3. The molecule has 0 aliphatic carbocycles. The van der Waals surface area contributed by atoms with E-state index in [1.165, 1.54) is 12.1 Å². The van der Waals surface area contributed by atoms with E-state index in [0.717, 1.165) is 28.4 Å². The topological polar surface area (TPSA) is 47.4 Å². The Balaban J connectivity index is 1.53. The number of halogens is 1. The summed E-state index contributed by atoms with van der Waals surface area (Å²) in [6.45, 7) is 1.24. The van der Waals surface area contributed by atoms with Crippen LogP contribution in [0, 0.1) is 5.82 Å². The molecule has 0 bridgehead atoms. The summed E-state index contributed by atoms with van der Waals surface area (Å²) < 4.78 is 20.1. The molecule has 0 unspecified atom stereocenters. The predicted molar refractivity (Wildman–Crippen MR) is 94.9 cm³/mol. The third kappa shape index (κ3) is 3.18. The van der Waals surface area contributed by atoms with Crippen LogP contribution in [0.2, 0.25) is 0 Å². The van der Waals surface area contributed by atoms with Gasteiger partial charge in [-0.15, -0.1) is 0 Å². The SMILES string of the molecule is COc1ccc(CN2Cc3nc(-c4ccc(F)cc4)cn3CC2=O)cc1. The van der Waals surface area contributed by atoms with E-state index in [2.05, 4.69) is 4.98 Å². The van der Waals surface area contributed by atoms with E-state index in [-0.39, 0.29) is 18.3 Å². The lowest BCUT2D eigenvalue weighted by atomic mass is 10.2. The second-order valence-corrected chi connectivity index (χ2v) is 6.28. The lowest BCUT2D eigenvalue weighted by molar-refractivity contribution is -0.134. The predicted octanol–water partition coefficient (Wildman–Crippen LogP) is 3.24. The van der Waals surface area contributed by atoms with Gasteiger partial charge in [-0.25, -0.2) is 9.37 Å². The number of ether oxygens (including phenoxy) is 1. The summed E-state index contributed by atoms with van der Waals surface area (Å²) in [5.74, 6) is 1.39. The van der Waals surface area contributed by atoms with Gasteiger partial charge in [0.25, 0.3) is 0 Å². The Labute approximate surface area is 150 Å². The molecule has 0 fully saturated rings. The fraction of sp³-hybridized carbons (Fsp3) is 0.200. The molecule has 26 heavy (non-hydrogen) atoms. The van der Waals surface area contributed by atoms with Crippen molar-refractivity contribution in [1.82, 2.24) is 14.5 Å². The average Bonchev–Trinajstić information content (AvgIpc) is 3.06. The summed E-state index contributed by atoms with van der Waals surface area (Å²) in [6.07, 6.45) is 1.85. The van der Waals surface area contributed by atoms with Crippen LogP contribution in [0.25, 0.3) is 11.3 Å². The van der Waals surface area contributed by atoms with Gasteiger partial charge in [0.2, 0.25) is 5.91 Å². The molecule has 5 nitrogen and oxygen atoms in total. The summed E-state index contributed by atoms with van der Waals surface area (Å²) in [6, 6.07) is 13.9. The molecular formula is C20H18FN3O2. The first kappa shape index (κ1) is 16.3. The van der Waals surface area contributed by atoms with Crippen molar-refractivity contribution < 1.29 is 13.9 Å². The molecule has 0 saturated carbocycles. The zero-order valence-electron chi connectivity index (χ0n) is 14.4.